The number of rotatable bonds is 9. The summed E-state index contributed by atoms with van der Waals surface area (Å²) in [6.45, 7) is 3.24. The van der Waals surface area contributed by atoms with Crippen LogP contribution < -0.4 is 10.7 Å². The Bertz CT molecular complexity index is 1010. The standard InChI is InChI=1S/C20H20BrClN6OS/c1-2-28-18(12-23-17-9-7-16(22)8-10-17)25-27-20(28)30-13-19(29)26-24-11-14-3-5-15(21)6-4-14/h3-11,23H,2,12-13H2,1H3,(H,26,29). The molecule has 0 unspecified atom stereocenters. The summed E-state index contributed by atoms with van der Waals surface area (Å²) in [5.41, 5.74) is 4.37. The van der Waals surface area contributed by atoms with E-state index >= 15 is 0 Å². The molecule has 0 aliphatic rings. The predicted octanol–water partition coefficient (Wildman–Crippen LogP) is 4.57. The van der Waals surface area contributed by atoms with Gasteiger partial charge in [0.15, 0.2) is 11.0 Å². The van der Waals surface area contributed by atoms with Gasteiger partial charge in [-0.3, -0.25) is 4.79 Å². The fraction of sp³-hybridized carbons (Fsp3) is 0.200. The first-order valence-corrected chi connectivity index (χ1v) is 11.3. The van der Waals surface area contributed by atoms with Gasteiger partial charge in [-0.15, -0.1) is 10.2 Å². The van der Waals surface area contributed by atoms with E-state index in [-0.39, 0.29) is 11.7 Å². The molecule has 0 saturated carbocycles. The number of hydrogen-bond donors (Lipinski definition) is 2. The highest BCUT2D eigenvalue weighted by molar-refractivity contribution is 9.10. The molecule has 3 aromatic rings. The van der Waals surface area contributed by atoms with Crippen LogP contribution in [0.3, 0.4) is 0 Å². The Labute approximate surface area is 192 Å². The van der Waals surface area contributed by atoms with Crippen molar-refractivity contribution in [3.63, 3.8) is 0 Å². The average molecular weight is 508 g/mol. The summed E-state index contributed by atoms with van der Waals surface area (Å²) in [4.78, 5) is 12.1. The number of aromatic nitrogens is 3. The molecule has 0 radical (unpaired) electrons. The maximum absolute atomic E-state index is 12.1. The van der Waals surface area contributed by atoms with Gasteiger partial charge in [-0.1, -0.05) is 51.4 Å². The van der Waals surface area contributed by atoms with E-state index in [0.29, 0.717) is 23.3 Å². The molecule has 1 amide bonds. The van der Waals surface area contributed by atoms with Crippen LogP contribution in [0.4, 0.5) is 5.69 Å². The number of nitrogens with one attached hydrogen (secondary N) is 2. The van der Waals surface area contributed by atoms with Crippen molar-refractivity contribution in [2.24, 2.45) is 5.10 Å². The Hall–Kier alpha value is -2.36. The first kappa shape index (κ1) is 22.3. The molecule has 2 N–H and O–H groups in total. The predicted molar refractivity (Wildman–Crippen MR) is 125 cm³/mol. The Kier molecular flexibility index (Phi) is 8.30. The second kappa shape index (κ2) is 11.1. The summed E-state index contributed by atoms with van der Waals surface area (Å²) in [6, 6.07) is 15.1. The maximum Gasteiger partial charge on any atom is 0.250 e. The van der Waals surface area contributed by atoms with Gasteiger partial charge in [0, 0.05) is 21.7 Å². The largest absolute Gasteiger partial charge is 0.378 e. The number of hydrogen-bond acceptors (Lipinski definition) is 6. The zero-order valence-corrected chi connectivity index (χ0v) is 19.3. The summed E-state index contributed by atoms with van der Waals surface area (Å²) in [5.74, 6) is 0.781. The van der Waals surface area contributed by atoms with Gasteiger partial charge in [0.1, 0.15) is 0 Å². The van der Waals surface area contributed by atoms with E-state index < -0.39 is 0 Å². The fourth-order valence-corrected chi connectivity index (χ4v) is 3.72. The van der Waals surface area contributed by atoms with Gasteiger partial charge in [-0.05, 0) is 48.9 Å². The van der Waals surface area contributed by atoms with Crippen molar-refractivity contribution in [2.45, 2.75) is 25.2 Å². The van der Waals surface area contributed by atoms with Crippen LogP contribution >= 0.6 is 39.3 Å². The van der Waals surface area contributed by atoms with Gasteiger partial charge in [0.05, 0.1) is 18.5 Å². The quantitative estimate of drug-likeness (QED) is 0.252. The van der Waals surface area contributed by atoms with Gasteiger partial charge >= 0.3 is 0 Å². The first-order valence-electron chi connectivity index (χ1n) is 9.17. The highest BCUT2D eigenvalue weighted by Crippen LogP contribution is 2.18. The van der Waals surface area contributed by atoms with E-state index in [2.05, 4.69) is 42.0 Å². The van der Waals surface area contributed by atoms with Crippen LogP contribution in [-0.2, 0) is 17.9 Å². The number of benzene rings is 2. The Balaban J connectivity index is 1.50. The van der Waals surface area contributed by atoms with Crippen LogP contribution in [0.25, 0.3) is 0 Å². The maximum atomic E-state index is 12.1. The monoisotopic (exact) mass is 506 g/mol. The number of thioether (sulfide) groups is 1. The lowest BCUT2D eigenvalue weighted by Crippen LogP contribution is -2.20. The van der Waals surface area contributed by atoms with Crippen LogP contribution in [0, 0.1) is 0 Å². The van der Waals surface area contributed by atoms with Gasteiger partial charge < -0.3 is 9.88 Å². The molecule has 7 nitrogen and oxygen atoms in total. The number of anilines is 1. The minimum Gasteiger partial charge on any atom is -0.378 e. The molecule has 156 valence electrons. The molecule has 0 atom stereocenters. The summed E-state index contributed by atoms with van der Waals surface area (Å²) >= 11 is 10.6. The van der Waals surface area contributed by atoms with Crippen LogP contribution in [0.5, 0.6) is 0 Å². The average Bonchev–Trinajstić information content (AvgIpc) is 3.15. The molecule has 0 fully saturated rings. The van der Waals surface area contributed by atoms with E-state index in [1.54, 1.807) is 6.21 Å². The Morgan fingerprint density at radius 2 is 1.93 bits per heavy atom. The smallest absolute Gasteiger partial charge is 0.250 e. The molecule has 0 spiro atoms. The highest BCUT2D eigenvalue weighted by Gasteiger charge is 2.13. The number of carbonyl (C=O) groups is 1. The van der Waals surface area contributed by atoms with Gasteiger partial charge in [-0.2, -0.15) is 5.10 Å². The van der Waals surface area contributed by atoms with Crippen molar-refractivity contribution in [1.82, 2.24) is 20.2 Å². The summed E-state index contributed by atoms with van der Waals surface area (Å²) in [7, 11) is 0. The molecule has 0 saturated heterocycles. The summed E-state index contributed by atoms with van der Waals surface area (Å²) < 4.78 is 2.97. The van der Waals surface area contributed by atoms with Crippen LogP contribution in [0.2, 0.25) is 5.02 Å². The minimum absolute atomic E-state index is 0.195. The number of hydrazone groups is 1. The van der Waals surface area contributed by atoms with E-state index in [9.17, 15) is 4.79 Å². The molecule has 10 heteroatoms. The van der Waals surface area contributed by atoms with Crippen molar-refractivity contribution in [1.29, 1.82) is 0 Å². The normalized spacial score (nSPS) is 11.0. The van der Waals surface area contributed by atoms with Crippen molar-refractivity contribution in [2.75, 3.05) is 11.1 Å². The van der Waals surface area contributed by atoms with Crippen molar-refractivity contribution < 1.29 is 4.79 Å². The van der Waals surface area contributed by atoms with Gasteiger partial charge in [0.25, 0.3) is 5.91 Å². The van der Waals surface area contributed by atoms with E-state index in [1.165, 1.54) is 11.8 Å². The van der Waals surface area contributed by atoms with Gasteiger partial charge in [0.2, 0.25) is 0 Å². The SMILES string of the molecule is CCn1c(CNc2ccc(Cl)cc2)nnc1SCC(=O)NN=Cc1ccc(Br)cc1. The summed E-state index contributed by atoms with van der Waals surface area (Å²) in [5, 5.41) is 17.1. The molecule has 1 heterocycles. The van der Waals surface area contributed by atoms with Crippen LogP contribution in [-0.4, -0.2) is 32.6 Å². The number of amides is 1. The molecule has 30 heavy (non-hydrogen) atoms. The molecular formula is C20H20BrClN6OS. The third-order valence-corrected chi connectivity index (χ3v) is 5.76. The topological polar surface area (TPSA) is 84.2 Å². The van der Waals surface area contributed by atoms with Crippen LogP contribution in [0.1, 0.15) is 18.3 Å². The lowest BCUT2D eigenvalue weighted by molar-refractivity contribution is -0.118. The highest BCUT2D eigenvalue weighted by atomic mass is 79.9. The van der Waals surface area contributed by atoms with Crippen molar-refractivity contribution >= 4 is 57.1 Å². The zero-order chi connectivity index (χ0) is 21.3. The molecular weight excluding hydrogens is 488 g/mol. The van der Waals surface area contributed by atoms with E-state index in [0.717, 1.165) is 21.5 Å². The second-order valence-electron chi connectivity index (χ2n) is 6.14. The van der Waals surface area contributed by atoms with Crippen molar-refractivity contribution in [3.05, 3.63) is 69.4 Å². The molecule has 1 aromatic heterocycles. The third-order valence-electron chi connectivity index (χ3n) is 4.01. The lowest BCUT2D eigenvalue weighted by Gasteiger charge is -2.09. The van der Waals surface area contributed by atoms with Gasteiger partial charge in [-0.25, -0.2) is 5.43 Å². The number of halogens is 2. The second-order valence-corrected chi connectivity index (χ2v) is 8.43. The zero-order valence-electron chi connectivity index (χ0n) is 16.2. The first-order chi connectivity index (χ1) is 14.5. The third kappa shape index (κ3) is 6.58. The molecule has 2 aromatic carbocycles. The van der Waals surface area contributed by atoms with Crippen LogP contribution in [0.15, 0.2) is 63.3 Å². The molecule has 3 rings (SSSR count). The molecule has 0 bridgehead atoms. The molecule has 0 aliphatic carbocycles. The van der Waals surface area contributed by atoms with Crippen molar-refractivity contribution in [3.8, 4) is 0 Å². The minimum atomic E-state index is -0.208. The number of nitrogens with zero attached hydrogens (tertiary/aromatic N) is 4. The number of carbonyl (C=O) groups excluding carboxylic acids is 1. The van der Waals surface area contributed by atoms with E-state index in [4.69, 9.17) is 11.6 Å². The lowest BCUT2D eigenvalue weighted by atomic mass is 10.2. The molecule has 0 aliphatic heterocycles. The Morgan fingerprint density at radius 3 is 2.63 bits per heavy atom. The Morgan fingerprint density at radius 1 is 1.20 bits per heavy atom. The summed E-state index contributed by atoms with van der Waals surface area (Å²) in [6.07, 6.45) is 1.60. The fourth-order valence-electron chi connectivity index (χ4n) is 2.51. The van der Waals surface area contributed by atoms with E-state index in [1.807, 2.05) is 60.0 Å².